The summed E-state index contributed by atoms with van der Waals surface area (Å²) in [6.45, 7) is 6.37. The SMILES string of the molecule is C=C[C@@H]1C[C@]1(CC(=O)[C@@H]1C[C@@H]2CN1C(=O)[C@H](C1CCCC1)CC(=O)O[C@]1(C)CCC[C@H]1CCCCCc1c(nc3ccccc3c1OCc1ccccc1)O2)C(=O)NS(=O)(=O)C1CC1. The summed E-state index contributed by atoms with van der Waals surface area (Å²) in [5, 5.41) is 0.263. The molecule has 1 aromatic heterocycles. The molecule has 0 radical (unpaired) electrons. The van der Waals surface area contributed by atoms with Crippen LogP contribution in [0.25, 0.3) is 10.9 Å². The molecule has 3 aromatic rings. The van der Waals surface area contributed by atoms with Crippen molar-refractivity contribution in [2.45, 2.75) is 152 Å². The summed E-state index contributed by atoms with van der Waals surface area (Å²) in [7, 11) is -3.87. The van der Waals surface area contributed by atoms with Crippen LogP contribution in [-0.4, -0.2) is 71.4 Å². The van der Waals surface area contributed by atoms with Crippen LogP contribution in [0.5, 0.6) is 11.6 Å². The molecular weight excluding hydrogens is 831 g/mol. The number of hydrogen-bond acceptors (Lipinski definition) is 10. The standard InChI is InChI=1S/C51H63N3O9S/c1-3-35-29-51(35,49(58)53-64(59,60)38-24-25-38)30-44(55)43-27-37-31-54(43)48(57)41(34-17-10-11-18-34)28-45(56)63-50(2)26-14-20-36(50)19-8-5-9-22-40-46(61-32-33-15-6-4-7-16-33)39-21-12-13-23-42(39)52-47(40)62-37/h3-4,6-7,12-13,15-16,21,23,34-38,41,43H,1,5,8-11,14,17-20,22,24-32H2,2H3,(H,53,58)/t35-,36-,37-,41+,43+,50-,51-/m1/s1. The van der Waals surface area contributed by atoms with Crippen LogP contribution in [0, 0.1) is 29.1 Å². The van der Waals surface area contributed by atoms with E-state index < -0.39 is 56.2 Å². The molecule has 2 aliphatic heterocycles. The summed E-state index contributed by atoms with van der Waals surface area (Å²) in [4.78, 5) is 64.8. The summed E-state index contributed by atoms with van der Waals surface area (Å²) in [6, 6.07) is 16.9. The van der Waals surface area contributed by atoms with Crippen molar-refractivity contribution < 1.29 is 41.8 Å². The number of sulfonamides is 1. The first kappa shape index (κ1) is 44.4. The van der Waals surface area contributed by atoms with Crippen LogP contribution in [-0.2, 0) is 47.0 Å². The van der Waals surface area contributed by atoms with Crippen molar-refractivity contribution in [1.82, 2.24) is 14.6 Å². The summed E-state index contributed by atoms with van der Waals surface area (Å²) in [5.74, 6) is -1.52. The van der Waals surface area contributed by atoms with Crippen LogP contribution in [0.3, 0.4) is 0 Å². The third-order valence-electron chi connectivity index (χ3n) is 15.5. The molecule has 4 aliphatic carbocycles. The lowest BCUT2D eigenvalue weighted by molar-refractivity contribution is -0.166. The summed E-state index contributed by atoms with van der Waals surface area (Å²) < 4.78 is 48.3. The van der Waals surface area contributed by atoms with Crippen molar-refractivity contribution in [3.63, 3.8) is 0 Å². The Hall–Kier alpha value is -4.78. The van der Waals surface area contributed by atoms with Crippen LogP contribution in [0.4, 0.5) is 0 Å². The van der Waals surface area contributed by atoms with Crippen molar-refractivity contribution in [2.75, 3.05) is 6.54 Å². The predicted octanol–water partition coefficient (Wildman–Crippen LogP) is 8.34. The topological polar surface area (TPSA) is 158 Å². The lowest BCUT2D eigenvalue weighted by Gasteiger charge is -2.34. The fraction of sp³-hybridized carbons (Fsp3) is 0.588. The average Bonchev–Trinajstić information content (AvgIpc) is 4.10. The van der Waals surface area contributed by atoms with Gasteiger partial charge in [0.15, 0.2) is 5.78 Å². The number of Topliss-reactive ketones (excluding diaryl/α,β-unsaturated/α-hetero) is 1. The highest BCUT2D eigenvalue weighted by Gasteiger charge is 2.61. The van der Waals surface area contributed by atoms with E-state index in [0.717, 1.165) is 87.1 Å². The highest BCUT2D eigenvalue weighted by Crippen LogP contribution is 2.57. The molecule has 0 unspecified atom stereocenters. The molecule has 3 heterocycles. The number of esters is 1. The molecule has 2 aromatic carbocycles. The molecule has 0 spiro atoms. The van der Waals surface area contributed by atoms with Crippen LogP contribution >= 0.6 is 0 Å². The highest BCUT2D eigenvalue weighted by molar-refractivity contribution is 7.90. The number of ether oxygens (including phenoxy) is 3. The number of pyridine rings is 1. The molecule has 342 valence electrons. The Bertz CT molecular complexity index is 2380. The summed E-state index contributed by atoms with van der Waals surface area (Å²) >= 11 is 0. The highest BCUT2D eigenvalue weighted by atomic mass is 32.2. The third-order valence-corrected chi connectivity index (χ3v) is 17.3. The van der Waals surface area contributed by atoms with Gasteiger partial charge in [0.1, 0.15) is 24.1 Å². The maximum Gasteiger partial charge on any atom is 0.307 e. The summed E-state index contributed by atoms with van der Waals surface area (Å²) in [6.07, 6.45) is 12.6. The average molecular weight is 894 g/mol. The zero-order valence-electron chi connectivity index (χ0n) is 37.1. The lowest BCUT2D eigenvalue weighted by Crippen LogP contribution is -2.48. The minimum absolute atomic E-state index is 0.0510. The molecule has 13 heteroatoms. The normalized spacial score (nSPS) is 30.3. The monoisotopic (exact) mass is 893 g/mol. The first-order chi connectivity index (χ1) is 30.9. The first-order valence-electron chi connectivity index (χ1n) is 23.9. The van der Waals surface area contributed by atoms with Crippen LogP contribution in [0.15, 0.2) is 67.3 Å². The molecule has 2 bridgehead atoms. The van der Waals surface area contributed by atoms with E-state index in [4.69, 9.17) is 19.2 Å². The molecule has 4 saturated carbocycles. The molecular formula is C51H63N3O9S. The Morgan fingerprint density at radius 2 is 1.69 bits per heavy atom. The van der Waals surface area contributed by atoms with Gasteiger partial charge in [0, 0.05) is 18.2 Å². The fourth-order valence-electron chi connectivity index (χ4n) is 11.5. The van der Waals surface area contributed by atoms with Gasteiger partial charge in [-0.3, -0.25) is 23.9 Å². The number of hydrogen-bond donors (Lipinski definition) is 1. The predicted molar refractivity (Wildman–Crippen MR) is 242 cm³/mol. The molecule has 9 rings (SSSR count). The van der Waals surface area contributed by atoms with E-state index in [1.54, 1.807) is 11.0 Å². The molecule has 12 nitrogen and oxygen atoms in total. The minimum Gasteiger partial charge on any atom is -0.488 e. The van der Waals surface area contributed by atoms with Gasteiger partial charge in [-0.2, -0.15) is 0 Å². The number of carbonyl (C=O) groups excluding carboxylic acids is 4. The lowest BCUT2D eigenvalue weighted by atomic mass is 9.85. The van der Waals surface area contributed by atoms with Crippen molar-refractivity contribution in [3.05, 3.63) is 78.4 Å². The van der Waals surface area contributed by atoms with E-state index in [1.165, 1.54) is 0 Å². The van der Waals surface area contributed by atoms with Gasteiger partial charge < -0.3 is 19.1 Å². The van der Waals surface area contributed by atoms with Crippen molar-refractivity contribution in [2.24, 2.45) is 29.1 Å². The van der Waals surface area contributed by atoms with Crippen molar-refractivity contribution in [1.29, 1.82) is 0 Å². The van der Waals surface area contributed by atoms with E-state index in [2.05, 4.69) is 18.2 Å². The van der Waals surface area contributed by atoms with Gasteiger partial charge in [0.2, 0.25) is 27.7 Å². The van der Waals surface area contributed by atoms with Gasteiger partial charge in [-0.1, -0.05) is 74.2 Å². The van der Waals surface area contributed by atoms with E-state index >= 15 is 4.79 Å². The van der Waals surface area contributed by atoms with Gasteiger partial charge in [0.05, 0.1) is 46.7 Å². The number of para-hydroxylation sites is 1. The van der Waals surface area contributed by atoms with Crippen molar-refractivity contribution in [3.8, 4) is 11.6 Å². The van der Waals surface area contributed by atoms with Gasteiger partial charge in [-0.25, -0.2) is 13.4 Å². The number of carbonyl (C=O) groups is 4. The molecule has 1 saturated heterocycles. The maximum absolute atomic E-state index is 15.3. The largest absolute Gasteiger partial charge is 0.488 e. The smallest absolute Gasteiger partial charge is 0.307 e. The molecule has 64 heavy (non-hydrogen) atoms. The molecule has 5 fully saturated rings. The van der Waals surface area contributed by atoms with E-state index in [1.807, 2.05) is 54.6 Å². The van der Waals surface area contributed by atoms with E-state index in [0.29, 0.717) is 43.0 Å². The van der Waals surface area contributed by atoms with E-state index in [9.17, 15) is 22.8 Å². The number of rotatable bonds is 11. The van der Waals surface area contributed by atoms with Gasteiger partial charge in [0.25, 0.3) is 0 Å². The third kappa shape index (κ3) is 9.20. The van der Waals surface area contributed by atoms with Crippen LogP contribution in [0.1, 0.15) is 127 Å². The number of nitrogens with one attached hydrogen (secondary N) is 1. The van der Waals surface area contributed by atoms with Crippen LogP contribution < -0.4 is 14.2 Å². The number of amides is 2. The minimum atomic E-state index is -3.87. The number of aromatic nitrogens is 1. The Labute approximate surface area is 377 Å². The number of fused-ring (bicyclic) bond motifs is 5. The van der Waals surface area contributed by atoms with Crippen LogP contribution in [0.2, 0.25) is 0 Å². The Kier molecular flexibility index (Phi) is 12.7. The van der Waals surface area contributed by atoms with Gasteiger partial charge in [-0.05, 0) is 113 Å². The zero-order chi connectivity index (χ0) is 44.6. The maximum atomic E-state index is 15.3. The molecule has 2 amide bonds. The Balaban J connectivity index is 1.08. The fourth-order valence-corrected chi connectivity index (χ4v) is 12.9. The summed E-state index contributed by atoms with van der Waals surface area (Å²) in [5.41, 5.74) is 0.654. The van der Waals surface area contributed by atoms with Gasteiger partial charge in [-0.15, -0.1) is 6.58 Å². The first-order valence-corrected chi connectivity index (χ1v) is 25.4. The number of allylic oxidation sites excluding steroid dienone is 1. The Morgan fingerprint density at radius 1 is 0.953 bits per heavy atom. The number of ketones is 1. The molecule has 7 atom stereocenters. The molecule has 1 N–H and O–H groups in total. The van der Waals surface area contributed by atoms with Crippen molar-refractivity contribution >= 4 is 44.5 Å². The second-order valence-corrected chi connectivity index (χ2v) is 21.8. The Morgan fingerprint density at radius 3 is 2.44 bits per heavy atom. The van der Waals surface area contributed by atoms with E-state index in [-0.39, 0.29) is 61.7 Å². The second kappa shape index (κ2) is 18.2. The quantitative estimate of drug-likeness (QED) is 0.147. The zero-order valence-corrected chi connectivity index (χ0v) is 38.0. The number of nitrogens with zero attached hydrogens (tertiary/aromatic N) is 2. The molecule has 6 aliphatic rings. The van der Waals surface area contributed by atoms with Gasteiger partial charge >= 0.3 is 5.97 Å². The second-order valence-electron chi connectivity index (χ2n) is 19.8. The number of benzene rings is 2.